The summed E-state index contributed by atoms with van der Waals surface area (Å²) < 4.78 is 5.26. The van der Waals surface area contributed by atoms with Crippen LogP contribution in [0.3, 0.4) is 0 Å². The monoisotopic (exact) mass is 269 g/mol. The number of nitrogens with two attached hydrogens (primary N) is 1. The van der Waals surface area contributed by atoms with Gasteiger partial charge in [0.2, 0.25) is 11.8 Å². The third-order valence-corrected chi connectivity index (χ3v) is 4.05. The first-order valence-electron chi connectivity index (χ1n) is 6.98. The average molecular weight is 269 g/mol. The lowest BCUT2D eigenvalue weighted by molar-refractivity contribution is -0.138. The van der Waals surface area contributed by atoms with Gasteiger partial charge >= 0.3 is 0 Å². The normalized spacial score (nSPS) is 27.2. The molecule has 2 amide bonds. The third-order valence-electron chi connectivity index (χ3n) is 4.05. The van der Waals surface area contributed by atoms with Gasteiger partial charge in [0.15, 0.2) is 0 Å². The number of piperidine rings is 1. The topological polar surface area (TPSA) is 84.7 Å². The van der Waals surface area contributed by atoms with E-state index < -0.39 is 12.1 Å². The van der Waals surface area contributed by atoms with Crippen LogP contribution in [0.4, 0.5) is 0 Å². The van der Waals surface area contributed by atoms with Crippen LogP contribution in [-0.2, 0) is 14.3 Å². The minimum absolute atomic E-state index is 0.0150. The van der Waals surface area contributed by atoms with Crippen molar-refractivity contribution in [3.63, 3.8) is 0 Å². The molecule has 0 spiro atoms. The Morgan fingerprint density at radius 2 is 2.11 bits per heavy atom. The van der Waals surface area contributed by atoms with Crippen LogP contribution in [0.25, 0.3) is 0 Å². The molecule has 0 aromatic rings. The van der Waals surface area contributed by atoms with Gasteiger partial charge in [-0.1, -0.05) is 0 Å². The number of ether oxygens (including phenoxy) is 1. The molecule has 0 radical (unpaired) electrons. The molecule has 108 valence electrons. The van der Waals surface area contributed by atoms with Crippen molar-refractivity contribution in [3.8, 4) is 0 Å². The van der Waals surface area contributed by atoms with Crippen LogP contribution in [0.5, 0.6) is 0 Å². The summed E-state index contributed by atoms with van der Waals surface area (Å²) >= 11 is 0. The summed E-state index contributed by atoms with van der Waals surface area (Å²) in [5.74, 6) is -0.0653. The maximum Gasteiger partial charge on any atom is 0.244 e. The summed E-state index contributed by atoms with van der Waals surface area (Å²) in [4.78, 5) is 25.7. The number of rotatable bonds is 3. The van der Waals surface area contributed by atoms with E-state index >= 15 is 0 Å². The highest BCUT2D eigenvalue weighted by Gasteiger charge is 2.32. The Labute approximate surface area is 113 Å². The molecular formula is C13H23N3O3. The maximum atomic E-state index is 12.1. The van der Waals surface area contributed by atoms with Crippen LogP contribution in [0.15, 0.2) is 0 Å². The van der Waals surface area contributed by atoms with E-state index in [1.165, 1.54) is 0 Å². The number of likely N-dealkylation sites (tertiary alicyclic amines) is 1. The summed E-state index contributed by atoms with van der Waals surface area (Å²) in [6.07, 6.45) is 3.25. The number of hydrogen-bond acceptors (Lipinski definition) is 4. The van der Waals surface area contributed by atoms with E-state index in [0.29, 0.717) is 19.6 Å². The van der Waals surface area contributed by atoms with Gasteiger partial charge in [-0.3, -0.25) is 9.59 Å². The molecule has 0 aliphatic carbocycles. The van der Waals surface area contributed by atoms with Crippen molar-refractivity contribution < 1.29 is 14.3 Å². The molecule has 2 saturated heterocycles. The fraction of sp³-hybridized carbons (Fsp3) is 0.846. The van der Waals surface area contributed by atoms with Crippen molar-refractivity contribution in [3.05, 3.63) is 0 Å². The number of carbonyl (C=O) groups is 2. The van der Waals surface area contributed by atoms with E-state index in [0.717, 1.165) is 25.8 Å². The van der Waals surface area contributed by atoms with Crippen LogP contribution < -0.4 is 11.1 Å². The number of carbonyl (C=O) groups excluding carboxylic acids is 2. The van der Waals surface area contributed by atoms with Crippen molar-refractivity contribution >= 4 is 11.8 Å². The Balaban J connectivity index is 1.87. The Morgan fingerprint density at radius 3 is 2.79 bits per heavy atom. The molecular weight excluding hydrogens is 246 g/mol. The van der Waals surface area contributed by atoms with Gasteiger partial charge in [-0.15, -0.1) is 0 Å². The molecule has 0 bridgehead atoms. The first-order chi connectivity index (χ1) is 9.09. The zero-order chi connectivity index (χ0) is 13.8. The first kappa shape index (κ1) is 14.3. The number of amides is 2. The summed E-state index contributed by atoms with van der Waals surface area (Å²) in [5, 5.41) is 2.80. The van der Waals surface area contributed by atoms with Crippen molar-refractivity contribution in [2.75, 3.05) is 26.8 Å². The van der Waals surface area contributed by atoms with Gasteiger partial charge in [0.05, 0.1) is 6.04 Å². The lowest BCUT2D eigenvalue weighted by Gasteiger charge is -2.32. The van der Waals surface area contributed by atoms with Gasteiger partial charge in [-0.05, 0) is 31.6 Å². The van der Waals surface area contributed by atoms with Gasteiger partial charge in [0.25, 0.3) is 0 Å². The van der Waals surface area contributed by atoms with E-state index in [-0.39, 0.29) is 17.7 Å². The van der Waals surface area contributed by atoms with Crippen LogP contribution in [-0.4, -0.2) is 55.6 Å². The second kappa shape index (κ2) is 6.34. The molecule has 0 saturated carbocycles. The maximum absolute atomic E-state index is 12.1. The highest BCUT2D eigenvalue weighted by atomic mass is 16.5. The molecule has 2 aliphatic heterocycles. The lowest BCUT2D eigenvalue weighted by atomic mass is 9.91. The first-order valence-corrected chi connectivity index (χ1v) is 6.98. The molecule has 3 N–H and O–H groups in total. The minimum atomic E-state index is -0.538. The number of hydrogen-bond donors (Lipinski definition) is 2. The van der Waals surface area contributed by atoms with Crippen LogP contribution in [0.2, 0.25) is 0 Å². The molecule has 2 aliphatic rings. The van der Waals surface area contributed by atoms with E-state index in [1.807, 2.05) is 0 Å². The number of nitrogens with zero attached hydrogens (tertiary/aromatic N) is 1. The molecule has 2 unspecified atom stereocenters. The zero-order valence-electron chi connectivity index (χ0n) is 11.4. The quantitative estimate of drug-likeness (QED) is 0.722. The number of likely N-dealkylation sites (N-methyl/N-ethyl adjacent to an activating group) is 1. The molecule has 0 aromatic carbocycles. The standard InChI is InChI=1S/C13H23N3O3/c1-16-6-2-3-10(13(16)18)15-12(17)11(14)9-4-7-19-8-5-9/h9-11H,2-8,14H2,1H3,(H,15,17). The van der Waals surface area contributed by atoms with E-state index in [9.17, 15) is 9.59 Å². The SMILES string of the molecule is CN1CCCC(NC(=O)C(N)C2CCOCC2)C1=O. The second-order valence-electron chi connectivity index (χ2n) is 5.44. The fourth-order valence-electron chi connectivity index (χ4n) is 2.72. The molecule has 0 aromatic heterocycles. The van der Waals surface area contributed by atoms with E-state index in [2.05, 4.69) is 5.32 Å². The molecule has 2 heterocycles. The van der Waals surface area contributed by atoms with Crippen LogP contribution >= 0.6 is 0 Å². The Hall–Kier alpha value is -1.14. The summed E-state index contributed by atoms with van der Waals surface area (Å²) in [5.41, 5.74) is 6.00. The zero-order valence-corrected chi connectivity index (χ0v) is 11.4. The van der Waals surface area contributed by atoms with Gasteiger partial charge in [-0.2, -0.15) is 0 Å². The van der Waals surface area contributed by atoms with Crippen molar-refractivity contribution in [2.45, 2.75) is 37.8 Å². The lowest BCUT2D eigenvalue weighted by Crippen LogP contribution is -2.56. The Morgan fingerprint density at radius 1 is 1.42 bits per heavy atom. The summed E-state index contributed by atoms with van der Waals surface area (Å²) in [7, 11) is 1.76. The van der Waals surface area contributed by atoms with Gasteiger partial charge in [0, 0.05) is 26.8 Å². The van der Waals surface area contributed by atoms with Gasteiger partial charge in [-0.25, -0.2) is 0 Å². The average Bonchev–Trinajstić information content (AvgIpc) is 2.44. The summed E-state index contributed by atoms with van der Waals surface area (Å²) in [6.45, 7) is 2.09. The molecule has 6 heteroatoms. The predicted molar refractivity (Wildman–Crippen MR) is 70.3 cm³/mol. The van der Waals surface area contributed by atoms with Crippen molar-refractivity contribution in [2.24, 2.45) is 11.7 Å². The van der Waals surface area contributed by atoms with Crippen molar-refractivity contribution in [1.29, 1.82) is 0 Å². The predicted octanol–water partition coefficient (Wildman–Crippen LogP) is -0.523. The van der Waals surface area contributed by atoms with Crippen LogP contribution in [0, 0.1) is 5.92 Å². The largest absolute Gasteiger partial charge is 0.381 e. The molecule has 2 atom stereocenters. The van der Waals surface area contributed by atoms with Gasteiger partial charge in [0.1, 0.15) is 6.04 Å². The minimum Gasteiger partial charge on any atom is -0.381 e. The molecule has 19 heavy (non-hydrogen) atoms. The van der Waals surface area contributed by atoms with E-state index in [4.69, 9.17) is 10.5 Å². The summed E-state index contributed by atoms with van der Waals surface area (Å²) in [6, 6.07) is -0.943. The van der Waals surface area contributed by atoms with E-state index in [1.54, 1.807) is 11.9 Å². The second-order valence-corrected chi connectivity index (χ2v) is 5.44. The molecule has 6 nitrogen and oxygen atoms in total. The number of nitrogens with one attached hydrogen (secondary N) is 1. The fourth-order valence-corrected chi connectivity index (χ4v) is 2.72. The molecule has 2 fully saturated rings. The smallest absolute Gasteiger partial charge is 0.244 e. The molecule has 2 rings (SSSR count). The highest BCUT2D eigenvalue weighted by molar-refractivity contribution is 5.90. The van der Waals surface area contributed by atoms with Gasteiger partial charge < -0.3 is 20.7 Å². The highest BCUT2D eigenvalue weighted by Crippen LogP contribution is 2.18. The van der Waals surface area contributed by atoms with Crippen LogP contribution in [0.1, 0.15) is 25.7 Å². The van der Waals surface area contributed by atoms with Crippen molar-refractivity contribution in [1.82, 2.24) is 10.2 Å². The third kappa shape index (κ3) is 3.45. The Kier molecular flexibility index (Phi) is 4.76. The Bertz CT molecular complexity index is 342.